The first kappa shape index (κ1) is 20.0. The minimum Gasteiger partial charge on any atom is -0.302 e. The Morgan fingerprint density at radius 3 is 2.43 bits per heavy atom. The van der Waals surface area contributed by atoms with E-state index < -0.39 is 38.9 Å². The molecule has 0 saturated carbocycles. The molecule has 0 atom stereocenters. The maximum absolute atomic E-state index is 13.3. The van der Waals surface area contributed by atoms with Crippen molar-refractivity contribution in [3.8, 4) is 11.3 Å². The van der Waals surface area contributed by atoms with Crippen LogP contribution < -0.4 is 5.32 Å². The fourth-order valence-corrected chi connectivity index (χ4v) is 4.26. The number of anilines is 1. The van der Waals surface area contributed by atoms with Crippen molar-refractivity contribution >= 4 is 32.2 Å². The van der Waals surface area contributed by atoms with E-state index >= 15 is 0 Å². The van der Waals surface area contributed by atoms with Gasteiger partial charge in [0.1, 0.15) is 5.82 Å². The van der Waals surface area contributed by atoms with Gasteiger partial charge in [0.2, 0.25) is 5.91 Å². The van der Waals surface area contributed by atoms with Crippen LogP contribution in [0.1, 0.15) is 6.42 Å². The monoisotopic (exact) mass is 426 g/mol. The van der Waals surface area contributed by atoms with Crippen LogP contribution in [-0.4, -0.2) is 25.1 Å². The molecule has 0 aliphatic heterocycles. The van der Waals surface area contributed by atoms with E-state index in [4.69, 9.17) is 0 Å². The maximum atomic E-state index is 13.3. The summed E-state index contributed by atoms with van der Waals surface area (Å²) >= 11 is 1.06. The number of carbonyl (C=O) groups is 1. The fraction of sp³-hybridized carbons (Fsp3) is 0.111. The number of thiazole rings is 1. The van der Waals surface area contributed by atoms with Crippen molar-refractivity contribution in [3.63, 3.8) is 0 Å². The van der Waals surface area contributed by atoms with Gasteiger partial charge in [0, 0.05) is 17.4 Å². The number of sulfone groups is 1. The van der Waals surface area contributed by atoms with Crippen LogP contribution in [0, 0.1) is 17.5 Å². The van der Waals surface area contributed by atoms with E-state index in [1.807, 2.05) is 0 Å². The lowest BCUT2D eigenvalue weighted by Crippen LogP contribution is -2.17. The zero-order valence-corrected chi connectivity index (χ0v) is 15.8. The maximum Gasteiger partial charge on any atom is 0.227 e. The Morgan fingerprint density at radius 2 is 1.75 bits per heavy atom. The third kappa shape index (κ3) is 4.76. The topological polar surface area (TPSA) is 76.1 Å². The van der Waals surface area contributed by atoms with Gasteiger partial charge in [-0.2, -0.15) is 0 Å². The van der Waals surface area contributed by atoms with E-state index in [-0.39, 0.29) is 16.4 Å². The molecule has 3 aromatic rings. The Labute approximate surface area is 162 Å². The summed E-state index contributed by atoms with van der Waals surface area (Å²) in [5.41, 5.74) is 0.688. The Balaban J connectivity index is 1.61. The smallest absolute Gasteiger partial charge is 0.227 e. The standard InChI is InChI=1S/C18H13F3N2O3S2/c19-12-2-4-13(5-3-12)28(25,26)8-7-17(24)23-18-22-16(10-27-18)11-1-6-14(20)15(21)9-11/h1-6,9-10H,7-8H2,(H,22,23,24). The quantitative estimate of drug-likeness (QED) is 0.604. The molecule has 0 spiro atoms. The van der Waals surface area contributed by atoms with Crippen LogP contribution in [0.4, 0.5) is 18.3 Å². The van der Waals surface area contributed by atoms with E-state index in [1.165, 1.54) is 6.07 Å². The summed E-state index contributed by atoms with van der Waals surface area (Å²) in [5, 5.41) is 4.22. The fourth-order valence-electron chi connectivity index (χ4n) is 2.29. The molecule has 0 radical (unpaired) electrons. The first-order chi connectivity index (χ1) is 13.2. The lowest BCUT2D eigenvalue weighted by molar-refractivity contribution is -0.115. The van der Waals surface area contributed by atoms with E-state index in [1.54, 1.807) is 5.38 Å². The number of halogens is 3. The van der Waals surface area contributed by atoms with E-state index in [2.05, 4.69) is 10.3 Å². The molecular formula is C18H13F3N2O3S2. The molecule has 0 unspecified atom stereocenters. The van der Waals surface area contributed by atoms with E-state index in [9.17, 15) is 26.4 Å². The highest BCUT2D eigenvalue weighted by Gasteiger charge is 2.17. The van der Waals surface area contributed by atoms with Gasteiger partial charge in [-0.3, -0.25) is 4.79 Å². The minimum absolute atomic E-state index is 0.0726. The predicted molar refractivity (Wildman–Crippen MR) is 99.2 cm³/mol. The average Bonchev–Trinajstić information content (AvgIpc) is 3.11. The number of rotatable bonds is 6. The van der Waals surface area contributed by atoms with Gasteiger partial charge in [-0.25, -0.2) is 26.6 Å². The molecule has 5 nitrogen and oxygen atoms in total. The molecule has 3 rings (SSSR count). The molecule has 1 N–H and O–H groups in total. The van der Waals surface area contributed by atoms with Crippen molar-refractivity contribution in [2.75, 3.05) is 11.1 Å². The zero-order valence-electron chi connectivity index (χ0n) is 14.2. The summed E-state index contributed by atoms with van der Waals surface area (Å²) in [6.45, 7) is 0. The molecule has 0 bridgehead atoms. The van der Waals surface area contributed by atoms with Gasteiger partial charge in [0.05, 0.1) is 16.3 Å². The average molecular weight is 426 g/mol. The Morgan fingerprint density at radius 1 is 1.04 bits per heavy atom. The molecular weight excluding hydrogens is 413 g/mol. The third-order valence-corrected chi connectivity index (χ3v) is 6.23. The zero-order chi connectivity index (χ0) is 20.3. The molecule has 0 aliphatic carbocycles. The Hall–Kier alpha value is -2.72. The van der Waals surface area contributed by atoms with Gasteiger partial charge < -0.3 is 5.32 Å². The third-order valence-electron chi connectivity index (χ3n) is 3.74. The first-order valence-corrected chi connectivity index (χ1v) is 10.5. The molecule has 2 aromatic carbocycles. The first-order valence-electron chi connectivity index (χ1n) is 7.94. The second-order valence-corrected chi connectivity index (χ2v) is 8.71. The van der Waals surface area contributed by atoms with Gasteiger partial charge in [-0.05, 0) is 42.5 Å². The molecule has 10 heteroatoms. The number of nitrogens with one attached hydrogen (secondary N) is 1. The van der Waals surface area contributed by atoms with E-state index in [0.29, 0.717) is 11.3 Å². The van der Waals surface area contributed by atoms with Crippen LogP contribution in [0.3, 0.4) is 0 Å². The van der Waals surface area contributed by atoms with Gasteiger partial charge in [0.25, 0.3) is 0 Å². The largest absolute Gasteiger partial charge is 0.302 e. The summed E-state index contributed by atoms with van der Waals surface area (Å²) in [7, 11) is -3.73. The highest BCUT2D eigenvalue weighted by Crippen LogP contribution is 2.26. The predicted octanol–water partition coefficient (Wildman–Crippen LogP) is 4.03. The second-order valence-electron chi connectivity index (χ2n) is 5.74. The van der Waals surface area contributed by atoms with Crippen LogP contribution >= 0.6 is 11.3 Å². The number of benzene rings is 2. The normalized spacial score (nSPS) is 11.4. The number of aromatic nitrogens is 1. The van der Waals surface area contributed by atoms with Crippen molar-refractivity contribution < 1.29 is 26.4 Å². The van der Waals surface area contributed by atoms with Gasteiger partial charge in [-0.15, -0.1) is 11.3 Å². The second kappa shape index (κ2) is 8.11. The summed E-state index contributed by atoms with van der Waals surface area (Å²) in [6.07, 6.45) is -0.320. The minimum atomic E-state index is -3.73. The molecule has 0 saturated heterocycles. The van der Waals surface area contributed by atoms with Gasteiger partial charge >= 0.3 is 0 Å². The van der Waals surface area contributed by atoms with Gasteiger partial charge in [-0.1, -0.05) is 0 Å². The molecule has 1 heterocycles. The molecule has 1 amide bonds. The van der Waals surface area contributed by atoms with Crippen LogP contribution in [0.2, 0.25) is 0 Å². The molecule has 28 heavy (non-hydrogen) atoms. The Bertz CT molecular complexity index is 1110. The van der Waals surface area contributed by atoms with Crippen molar-refractivity contribution in [1.29, 1.82) is 0 Å². The highest BCUT2D eigenvalue weighted by atomic mass is 32.2. The number of amides is 1. The van der Waals surface area contributed by atoms with Crippen LogP contribution in [0.5, 0.6) is 0 Å². The number of nitrogens with zero attached hydrogens (tertiary/aromatic N) is 1. The van der Waals surface area contributed by atoms with Crippen LogP contribution in [-0.2, 0) is 14.6 Å². The number of hydrogen-bond acceptors (Lipinski definition) is 5. The SMILES string of the molecule is O=C(CCS(=O)(=O)c1ccc(F)cc1)Nc1nc(-c2ccc(F)c(F)c2)cs1. The molecule has 0 aliphatic rings. The van der Waals surface area contributed by atoms with Crippen LogP contribution in [0.15, 0.2) is 52.7 Å². The Kier molecular flexibility index (Phi) is 5.80. The summed E-state index contributed by atoms with van der Waals surface area (Å²) in [4.78, 5) is 16.0. The summed E-state index contributed by atoms with van der Waals surface area (Å²) in [6, 6.07) is 7.65. The van der Waals surface area contributed by atoms with Crippen molar-refractivity contribution in [2.45, 2.75) is 11.3 Å². The highest BCUT2D eigenvalue weighted by molar-refractivity contribution is 7.91. The molecule has 0 fully saturated rings. The van der Waals surface area contributed by atoms with E-state index in [0.717, 1.165) is 47.7 Å². The number of hydrogen-bond donors (Lipinski definition) is 1. The summed E-state index contributed by atoms with van der Waals surface area (Å²) < 4.78 is 63.5. The summed E-state index contributed by atoms with van der Waals surface area (Å²) in [5.74, 6) is -3.57. The number of carbonyl (C=O) groups excluding carboxylic acids is 1. The van der Waals surface area contributed by atoms with Crippen LogP contribution in [0.25, 0.3) is 11.3 Å². The van der Waals surface area contributed by atoms with Crippen molar-refractivity contribution in [2.24, 2.45) is 0 Å². The molecule has 1 aromatic heterocycles. The van der Waals surface area contributed by atoms with Gasteiger partial charge in [0.15, 0.2) is 26.6 Å². The molecule has 146 valence electrons. The van der Waals surface area contributed by atoms with Crippen molar-refractivity contribution in [3.05, 3.63) is 65.3 Å². The lowest BCUT2D eigenvalue weighted by atomic mass is 10.2. The lowest BCUT2D eigenvalue weighted by Gasteiger charge is -2.04. The van der Waals surface area contributed by atoms with Crippen molar-refractivity contribution in [1.82, 2.24) is 4.98 Å².